The Bertz CT molecular complexity index is 1090. The number of rotatable bonds is 8. The fraction of sp³-hybridized carbons (Fsp3) is 0.571. The van der Waals surface area contributed by atoms with Gasteiger partial charge in [0.1, 0.15) is 12.2 Å². The molecule has 30 heavy (non-hydrogen) atoms. The van der Waals surface area contributed by atoms with E-state index in [1.807, 2.05) is 13.8 Å². The van der Waals surface area contributed by atoms with Crippen molar-refractivity contribution in [3.63, 3.8) is 0 Å². The van der Waals surface area contributed by atoms with E-state index in [0.717, 1.165) is 6.04 Å². The molecule has 0 atom stereocenters. The molecule has 0 unspecified atom stereocenters. The number of pyridine rings is 1. The number of carboxylic acid groups (broad SMARTS) is 1. The standard InChI is InChI=1S/C21H30BrN3O4Si/c1-13-14(20(27)28)15-16(22)18(21(2,3)8-9-23)24(4)19(26)17(15)25(13)12-29-10-11-30(5,6)7/h8,10-12H2,1-7H3,(H,27,28). The molecule has 9 heteroatoms. The van der Waals surface area contributed by atoms with Crippen molar-refractivity contribution in [1.29, 1.82) is 5.26 Å². The van der Waals surface area contributed by atoms with Crippen LogP contribution in [0.25, 0.3) is 10.9 Å². The number of carbonyl (C=O) groups is 1. The molecule has 164 valence electrons. The molecule has 0 fully saturated rings. The highest BCUT2D eigenvalue weighted by atomic mass is 79.9. The SMILES string of the molecule is Cc1c(C(=O)O)c2c(Br)c(C(C)(C)CC#N)n(C)c(=O)c2n1COCC[Si](C)(C)C. The Morgan fingerprint density at radius 3 is 2.43 bits per heavy atom. The fourth-order valence-corrected chi connectivity index (χ4v) is 5.63. The van der Waals surface area contributed by atoms with Gasteiger partial charge in [0.15, 0.2) is 0 Å². The lowest BCUT2D eigenvalue weighted by Gasteiger charge is -2.26. The van der Waals surface area contributed by atoms with Crippen LogP contribution in [0.1, 0.15) is 42.0 Å². The molecule has 2 aromatic rings. The van der Waals surface area contributed by atoms with E-state index in [0.29, 0.717) is 33.4 Å². The molecular weight excluding hydrogens is 466 g/mol. The van der Waals surface area contributed by atoms with Gasteiger partial charge < -0.3 is 19.0 Å². The van der Waals surface area contributed by atoms with Gasteiger partial charge in [-0.2, -0.15) is 5.26 Å². The quantitative estimate of drug-likeness (QED) is 0.425. The average Bonchev–Trinajstić information content (AvgIpc) is 2.89. The highest BCUT2D eigenvalue weighted by Gasteiger charge is 2.32. The van der Waals surface area contributed by atoms with Crippen molar-refractivity contribution in [3.8, 4) is 6.07 Å². The van der Waals surface area contributed by atoms with Gasteiger partial charge in [-0.05, 0) is 28.9 Å². The molecule has 0 aliphatic rings. The minimum Gasteiger partial charge on any atom is -0.478 e. The highest BCUT2D eigenvalue weighted by Crippen LogP contribution is 2.38. The number of ether oxygens (including phenoxy) is 1. The van der Waals surface area contributed by atoms with Crippen molar-refractivity contribution < 1.29 is 14.6 Å². The summed E-state index contributed by atoms with van der Waals surface area (Å²) in [6.07, 6.45) is 0.187. The molecule has 0 bridgehead atoms. The minimum absolute atomic E-state index is 0.0809. The van der Waals surface area contributed by atoms with Crippen LogP contribution in [-0.2, 0) is 23.9 Å². The first kappa shape index (κ1) is 24.4. The van der Waals surface area contributed by atoms with Gasteiger partial charge in [0.25, 0.3) is 5.56 Å². The zero-order valence-electron chi connectivity index (χ0n) is 18.7. The monoisotopic (exact) mass is 495 g/mol. The third kappa shape index (κ3) is 4.56. The molecule has 7 nitrogen and oxygen atoms in total. The Morgan fingerprint density at radius 1 is 1.33 bits per heavy atom. The van der Waals surface area contributed by atoms with E-state index < -0.39 is 19.5 Å². The molecule has 1 N–H and O–H groups in total. The largest absolute Gasteiger partial charge is 0.478 e. The molecule has 0 radical (unpaired) electrons. The molecule has 0 saturated heterocycles. The normalized spacial score (nSPS) is 12.4. The van der Waals surface area contributed by atoms with Gasteiger partial charge in [0, 0.05) is 54.8 Å². The zero-order chi connectivity index (χ0) is 23.0. The number of aromatic nitrogens is 2. The van der Waals surface area contributed by atoms with Gasteiger partial charge in [-0.3, -0.25) is 4.79 Å². The first-order chi connectivity index (χ1) is 13.7. The maximum Gasteiger partial charge on any atom is 0.338 e. The average molecular weight is 496 g/mol. The number of halogens is 1. The maximum absolute atomic E-state index is 13.3. The number of carboxylic acids is 1. The second kappa shape index (κ2) is 8.69. The van der Waals surface area contributed by atoms with Gasteiger partial charge in [-0.25, -0.2) is 4.79 Å². The molecule has 0 saturated carbocycles. The van der Waals surface area contributed by atoms with Gasteiger partial charge in [0.05, 0.1) is 11.6 Å². The number of aromatic carboxylic acids is 1. The van der Waals surface area contributed by atoms with E-state index >= 15 is 0 Å². The molecule has 0 aromatic carbocycles. The summed E-state index contributed by atoms with van der Waals surface area (Å²) in [6, 6.07) is 3.13. The third-order valence-electron chi connectivity index (χ3n) is 5.39. The van der Waals surface area contributed by atoms with E-state index in [1.54, 1.807) is 18.5 Å². The Kier molecular flexibility index (Phi) is 7.06. The van der Waals surface area contributed by atoms with E-state index in [1.165, 1.54) is 4.57 Å². The number of hydrogen-bond donors (Lipinski definition) is 1. The van der Waals surface area contributed by atoms with Crippen LogP contribution in [0, 0.1) is 18.3 Å². The van der Waals surface area contributed by atoms with E-state index in [4.69, 9.17) is 4.74 Å². The Balaban J connectivity index is 2.75. The van der Waals surface area contributed by atoms with Gasteiger partial charge >= 0.3 is 5.97 Å². The van der Waals surface area contributed by atoms with E-state index in [-0.39, 0.29) is 24.3 Å². The van der Waals surface area contributed by atoms with Crippen molar-refractivity contribution in [2.45, 2.75) is 65.0 Å². The molecule has 2 rings (SSSR count). The maximum atomic E-state index is 13.3. The summed E-state index contributed by atoms with van der Waals surface area (Å²) in [7, 11) is 0.384. The van der Waals surface area contributed by atoms with Crippen LogP contribution in [-0.4, -0.2) is 34.9 Å². The Labute approximate surface area is 186 Å². The summed E-state index contributed by atoms with van der Waals surface area (Å²) in [4.78, 5) is 25.5. The first-order valence-corrected chi connectivity index (χ1v) is 14.3. The summed E-state index contributed by atoms with van der Waals surface area (Å²) in [6.45, 7) is 12.9. The third-order valence-corrected chi connectivity index (χ3v) is 7.86. The topological polar surface area (TPSA) is 97.3 Å². The summed E-state index contributed by atoms with van der Waals surface area (Å²) >= 11 is 3.57. The zero-order valence-corrected chi connectivity index (χ0v) is 21.3. The molecule has 0 spiro atoms. The van der Waals surface area contributed by atoms with Crippen LogP contribution in [0.5, 0.6) is 0 Å². The van der Waals surface area contributed by atoms with Crippen LogP contribution < -0.4 is 5.56 Å². The molecule has 2 aromatic heterocycles. The smallest absolute Gasteiger partial charge is 0.338 e. The number of fused-ring (bicyclic) bond motifs is 1. The van der Waals surface area contributed by atoms with Gasteiger partial charge in [-0.15, -0.1) is 0 Å². The van der Waals surface area contributed by atoms with Crippen molar-refractivity contribution in [2.75, 3.05) is 6.61 Å². The minimum atomic E-state index is -1.27. The van der Waals surface area contributed by atoms with Crippen molar-refractivity contribution in [3.05, 3.63) is 31.8 Å². The molecule has 0 aliphatic carbocycles. The van der Waals surface area contributed by atoms with Crippen LogP contribution in [0.4, 0.5) is 0 Å². The second-order valence-corrected chi connectivity index (χ2v) is 15.9. The molecular formula is C21H30BrN3O4Si. The van der Waals surface area contributed by atoms with E-state index in [9.17, 15) is 20.0 Å². The summed E-state index contributed by atoms with van der Waals surface area (Å²) in [5.74, 6) is -1.10. The predicted octanol–water partition coefficient (Wildman–Crippen LogP) is 4.61. The van der Waals surface area contributed by atoms with Crippen LogP contribution in [0.15, 0.2) is 9.27 Å². The van der Waals surface area contributed by atoms with Crippen LogP contribution in [0.2, 0.25) is 25.7 Å². The highest BCUT2D eigenvalue weighted by molar-refractivity contribution is 9.10. The molecule has 0 amide bonds. The Morgan fingerprint density at radius 2 is 1.93 bits per heavy atom. The lowest BCUT2D eigenvalue weighted by molar-refractivity contribution is 0.0694. The van der Waals surface area contributed by atoms with Gasteiger partial charge in [0.2, 0.25) is 0 Å². The van der Waals surface area contributed by atoms with Gasteiger partial charge in [-0.1, -0.05) is 33.5 Å². The number of nitriles is 1. The van der Waals surface area contributed by atoms with Crippen molar-refractivity contribution >= 4 is 40.9 Å². The lowest BCUT2D eigenvalue weighted by atomic mass is 9.84. The van der Waals surface area contributed by atoms with Crippen LogP contribution >= 0.6 is 15.9 Å². The fourth-order valence-electron chi connectivity index (χ4n) is 3.69. The summed E-state index contributed by atoms with van der Waals surface area (Å²) in [5.41, 5.74) is 0.495. The van der Waals surface area contributed by atoms with E-state index in [2.05, 4.69) is 41.6 Å². The number of nitrogens with zero attached hydrogens (tertiary/aromatic N) is 3. The van der Waals surface area contributed by atoms with Crippen molar-refractivity contribution in [1.82, 2.24) is 9.13 Å². The summed E-state index contributed by atoms with van der Waals surface area (Å²) < 4.78 is 9.53. The second-order valence-electron chi connectivity index (χ2n) is 9.51. The molecule has 2 heterocycles. The number of hydrogen-bond acceptors (Lipinski definition) is 4. The molecule has 0 aliphatic heterocycles. The Hall–Kier alpha value is -1.89. The van der Waals surface area contributed by atoms with Crippen LogP contribution in [0.3, 0.4) is 0 Å². The first-order valence-electron chi connectivity index (χ1n) is 9.84. The van der Waals surface area contributed by atoms with Crippen molar-refractivity contribution in [2.24, 2.45) is 7.05 Å². The lowest BCUT2D eigenvalue weighted by Crippen LogP contribution is -2.31. The predicted molar refractivity (Wildman–Crippen MR) is 124 cm³/mol. The summed E-state index contributed by atoms with van der Waals surface area (Å²) in [5, 5.41) is 19.5.